The molecule has 4 fully saturated rings. The highest BCUT2D eigenvalue weighted by Gasteiger charge is 2.53. The number of carbonyl (C=O) groups is 2. The zero-order chi connectivity index (χ0) is 20.6. The fraction of sp³-hybridized carbons (Fsp3) is 0.652. The molecule has 3 N–H and O–H groups in total. The molecule has 4 bridgehead atoms. The van der Waals surface area contributed by atoms with Crippen molar-refractivity contribution in [2.24, 2.45) is 23.2 Å². The highest BCUT2D eigenvalue weighted by Crippen LogP contribution is 2.61. The SMILES string of the molecule is C[C@H](NC(=O)C[NH+](C)CC(=O)Nc1ccccc1Cl)C12CC3CC(CC(C3)C1)C2. The second kappa shape index (κ2) is 8.27. The van der Waals surface area contributed by atoms with Crippen molar-refractivity contribution >= 4 is 29.1 Å². The Morgan fingerprint density at radius 2 is 1.62 bits per heavy atom. The van der Waals surface area contributed by atoms with Gasteiger partial charge in [-0.1, -0.05) is 23.7 Å². The van der Waals surface area contributed by atoms with Gasteiger partial charge in [-0.15, -0.1) is 0 Å². The molecule has 1 aromatic carbocycles. The number of halogens is 1. The maximum absolute atomic E-state index is 12.7. The van der Waals surface area contributed by atoms with Crippen molar-refractivity contribution < 1.29 is 14.5 Å². The second-order valence-corrected chi connectivity index (χ2v) is 10.3. The van der Waals surface area contributed by atoms with Gasteiger partial charge in [0, 0.05) is 6.04 Å². The van der Waals surface area contributed by atoms with Crippen molar-refractivity contribution in [3.05, 3.63) is 29.3 Å². The van der Waals surface area contributed by atoms with Gasteiger partial charge in [-0.05, 0) is 80.8 Å². The van der Waals surface area contributed by atoms with E-state index in [9.17, 15) is 9.59 Å². The van der Waals surface area contributed by atoms with Gasteiger partial charge in [0.05, 0.1) is 17.8 Å². The summed E-state index contributed by atoms with van der Waals surface area (Å²) in [4.78, 5) is 25.8. The summed E-state index contributed by atoms with van der Waals surface area (Å²) in [5.41, 5.74) is 0.909. The molecule has 4 aliphatic rings. The van der Waals surface area contributed by atoms with Crippen LogP contribution in [0.15, 0.2) is 24.3 Å². The fourth-order valence-electron chi connectivity index (χ4n) is 6.52. The Kier molecular flexibility index (Phi) is 5.90. The fourth-order valence-corrected chi connectivity index (χ4v) is 6.70. The van der Waals surface area contributed by atoms with Crippen molar-refractivity contribution in [1.82, 2.24) is 5.32 Å². The summed E-state index contributed by atoms with van der Waals surface area (Å²) in [7, 11) is 1.88. The largest absolute Gasteiger partial charge is 0.348 e. The van der Waals surface area contributed by atoms with Crippen LogP contribution in [0.2, 0.25) is 5.02 Å². The van der Waals surface area contributed by atoms with E-state index in [1.54, 1.807) is 12.1 Å². The average molecular weight is 419 g/mol. The topological polar surface area (TPSA) is 62.6 Å². The first-order valence-electron chi connectivity index (χ1n) is 11.0. The van der Waals surface area contributed by atoms with Crippen LogP contribution in [-0.4, -0.2) is 38.0 Å². The first kappa shape index (κ1) is 20.7. The molecule has 1 aromatic rings. The van der Waals surface area contributed by atoms with Crippen molar-refractivity contribution in [3.8, 4) is 0 Å². The number of carbonyl (C=O) groups excluding carboxylic acids is 2. The quantitative estimate of drug-likeness (QED) is 0.637. The van der Waals surface area contributed by atoms with Crippen molar-refractivity contribution in [2.75, 3.05) is 25.5 Å². The molecule has 2 atom stereocenters. The lowest BCUT2D eigenvalue weighted by Gasteiger charge is -2.59. The van der Waals surface area contributed by atoms with Crippen LogP contribution in [-0.2, 0) is 9.59 Å². The third-order valence-electron chi connectivity index (χ3n) is 7.45. The third kappa shape index (κ3) is 4.61. The van der Waals surface area contributed by atoms with Gasteiger partial charge in [0.2, 0.25) is 0 Å². The molecule has 2 amide bonds. The summed E-state index contributed by atoms with van der Waals surface area (Å²) >= 11 is 6.09. The highest BCUT2D eigenvalue weighted by atomic mass is 35.5. The first-order chi connectivity index (χ1) is 13.8. The minimum absolute atomic E-state index is 0.0382. The second-order valence-electron chi connectivity index (χ2n) is 9.91. The smallest absolute Gasteiger partial charge is 0.279 e. The average Bonchev–Trinajstić information content (AvgIpc) is 2.62. The van der Waals surface area contributed by atoms with Crippen molar-refractivity contribution in [2.45, 2.75) is 51.5 Å². The minimum Gasteiger partial charge on any atom is -0.348 e. The number of hydrogen-bond acceptors (Lipinski definition) is 2. The molecule has 0 radical (unpaired) electrons. The van der Waals surface area contributed by atoms with E-state index in [4.69, 9.17) is 11.6 Å². The number of rotatable bonds is 7. The van der Waals surface area contributed by atoms with E-state index in [1.165, 1.54) is 38.5 Å². The zero-order valence-electron chi connectivity index (χ0n) is 17.5. The number of benzene rings is 1. The standard InChI is InChI=1S/C23H32ClN3O2/c1-15(23-10-16-7-17(11-23)9-18(8-16)12-23)25-21(28)13-27(2)14-22(29)26-20-6-4-3-5-19(20)24/h3-6,15-18H,7-14H2,1-2H3,(H,25,28)(H,26,29)/p+1/t15-,16?,17?,18?,23?/m0/s1. The highest BCUT2D eigenvalue weighted by molar-refractivity contribution is 6.33. The van der Waals surface area contributed by atoms with Crippen LogP contribution in [0.3, 0.4) is 0 Å². The van der Waals surface area contributed by atoms with Crippen LogP contribution in [0.1, 0.15) is 45.4 Å². The lowest BCUT2D eigenvalue weighted by atomic mass is 9.48. The van der Waals surface area contributed by atoms with Crippen LogP contribution in [0.5, 0.6) is 0 Å². The van der Waals surface area contributed by atoms with E-state index < -0.39 is 0 Å². The predicted molar refractivity (Wildman–Crippen MR) is 115 cm³/mol. The van der Waals surface area contributed by atoms with E-state index in [1.807, 2.05) is 19.2 Å². The molecular weight excluding hydrogens is 386 g/mol. The summed E-state index contributed by atoms with van der Waals surface area (Å²) in [5.74, 6) is 2.53. The van der Waals surface area contributed by atoms with Crippen LogP contribution < -0.4 is 15.5 Å². The summed E-state index contributed by atoms with van der Waals surface area (Å²) in [6.07, 6.45) is 8.07. The van der Waals surface area contributed by atoms with E-state index >= 15 is 0 Å². The molecule has 0 heterocycles. The number of anilines is 1. The van der Waals surface area contributed by atoms with Gasteiger partial charge in [0.25, 0.3) is 11.8 Å². The molecule has 4 saturated carbocycles. The molecule has 0 aliphatic heterocycles. The minimum atomic E-state index is -0.141. The molecule has 5 nitrogen and oxygen atoms in total. The molecule has 0 spiro atoms. The molecule has 5 rings (SSSR count). The summed E-state index contributed by atoms with van der Waals surface area (Å²) in [5, 5.41) is 6.62. The molecule has 0 saturated heterocycles. The monoisotopic (exact) mass is 418 g/mol. The normalized spacial score (nSPS) is 31.9. The summed E-state index contributed by atoms with van der Waals surface area (Å²) in [6.45, 7) is 2.72. The van der Waals surface area contributed by atoms with Gasteiger partial charge in [-0.25, -0.2) is 0 Å². The number of likely N-dealkylation sites (N-methyl/N-ethyl adjacent to an activating group) is 1. The molecule has 0 aromatic heterocycles. The molecule has 29 heavy (non-hydrogen) atoms. The van der Waals surface area contributed by atoms with Gasteiger partial charge in [-0.2, -0.15) is 0 Å². The molecule has 4 aliphatic carbocycles. The maximum atomic E-state index is 12.7. The first-order valence-corrected chi connectivity index (χ1v) is 11.4. The Morgan fingerprint density at radius 3 is 2.21 bits per heavy atom. The van der Waals surface area contributed by atoms with E-state index in [0.29, 0.717) is 22.7 Å². The van der Waals surface area contributed by atoms with Crippen molar-refractivity contribution in [3.63, 3.8) is 0 Å². The Morgan fingerprint density at radius 1 is 1.07 bits per heavy atom. The number of amides is 2. The van der Waals surface area contributed by atoms with Gasteiger partial charge in [-0.3, -0.25) is 9.59 Å². The van der Waals surface area contributed by atoms with Gasteiger partial charge in [0.15, 0.2) is 13.1 Å². The van der Waals surface area contributed by atoms with E-state index in [0.717, 1.165) is 22.7 Å². The number of hydrogen-bond donors (Lipinski definition) is 3. The van der Waals surface area contributed by atoms with Crippen molar-refractivity contribution in [1.29, 1.82) is 0 Å². The Bertz CT molecular complexity index is 746. The Hall–Kier alpha value is -1.59. The lowest BCUT2D eigenvalue weighted by Crippen LogP contribution is -3.11. The maximum Gasteiger partial charge on any atom is 0.279 e. The van der Waals surface area contributed by atoms with Crippen LogP contribution in [0.25, 0.3) is 0 Å². The Labute approximate surface area is 178 Å². The summed E-state index contributed by atoms with van der Waals surface area (Å²) in [6, 6.07) is 7.39. The third-order valence-corrected chi connectivity index (χ3v) is 7.78. The van der Waals surface area contributed by atoms with Gasteiger partial charge in [0.1, 0.15) is 0 Å². The van der Waals surface area contributed by atoms with E-state index in [-0.39, 0.29) is 24.4 Å². The summed E-state index contributed by atoms with van der Waals surface area (Å²) < 4.78 is 0. The molecule has 158 valence electrons. The zero-order valence-corrected chi connectivity index (χ0v) is 18.2. The van der Waals surface area contributed by atoms with Crippen LogP contribution >= 0.6 is 11.6 Å². The predicted octanol–water partition coefficient (Wildman–Crippen LogP) is 2.51. The van der Waals surface area contributed by atoms with Crippen LogP contribution in [0, 0.1) is 23.2 Å². The lowest BCUT2D eigenvalue weighted by molar-refractivity contribution is -0.862. The number of nitrogens with one attached hydrogen (secondary N) is 3. The van der Waals surface area contributed by atoms with Crippen LogP contribution in [0.4, 0.5) is 5.69 Å². The number of para-hydroxylation sites is 1. The Balaban J connectivity index is 1.26. The number of quaternary nitrogens is 1. The molecule has 6 heteroatoms. The molecular formula is C23H33ClN3O2+. The van der Waals surface area contributed by atoms with E-state index in [2.05, 4.69) is 17.6 Å². The molecule has 1 unspecified atom stereocenters. The van der Waals surface area contributed by atoms with Gasteiger partial charge < -0.3 is 15.5 Å². The van der Waals surface area contributed by atoms with Gasteiger partial charge >= 0.3 is 0 Å².